The molecule has 4 aromatic rings. The van der Waals surface area contributed by atoms with Crippen LogP contribution in [0.1, 0.15) is 36.8 Å². The Morgan fingerprint density at radius 3 is 2.37 bits per heavy atom. The minimum absolute atomic E-state index is 0.107. The number of nitrogens with one attached hydrogen (secondary N) is 2. The van der Waals surface area contributed by atoms with Crippen LogP contribution < -0.4 is 10.6 Å². The van der Waals surface area contributed by atoms with Gasteiger partial charge in [-0.2, -0.15) is 10.4 Å². The zero-order chi connectivity index (χ0) is 27.4. The van der Waals surface area contributed by atoms with Crippen LogP contribution in [-0.4, -0.2) is 32.4 Å². The van der Waals surface area contributed by atoms with Crippen LogP contribution in [0.4, 0.5) is 16.4 Å². The summed E-state index contributed by atoms with van der Waals surface area (Å²) < 4.78 is 6.73. The lowest BCUT2D eigenvalue weighted by atomic mass is 10.1. The largest absolute Gasteiger partial charge is 0.444 e. The van der Waals surface area contributed by atoms with E-state index in [-0.39, 0.29) is 27.1 Å². The van der Waals surface area contributed by atoms with Crippen LogP contribution in [0, 0.1) is 11.3 Å². The minimum Gasteiger partial charge on any atom is -0.444 e. The monoisotopic (exact) mass is 548 g/mol. The lowest BCUT2D eigenvalue weighted by molar-refractivity contribution is 0.0635. The maximum absolute atomic E-state index is 13.3. The molecule has 0 spiro atoms. The van der Waals surface area contributed by atoms with Gasteiger partial charge in [-0.3, -0.25) is 10.1 Å². The van der Waals surface area contributed by atoms with Gasteiger partial charge in [0.2, 0.25) is 0 Å². The molecule has 0 aliphatic carbocycles. The molecule has 4 rings (SSSR count). The van der Waals surface area contributed by atoms with Crippen molar-refractivity contribution in [1.82, 2.24) is 14.8 Å². The van der Waals surface area contributed by atoms with Gasteiger partial charge in [-0.1, -0.05) is 47.5 Å². The van der Waals surface area contributed by atoms with Crippen molar-refractivity contribution in [2.24, 2.45) is 0 Å². The molecule has 0 aliphatic heterocycles. The third-order valence-electron chi connectivity index (χ3n) is 5.04. The number of hydrogen-bond acceptors (Lipinski definition) is 6. The number of anilines is 2. The summed E-state index contributed by atoms with van der Waals surface area (Å²) in [6.45, 7) is 5.23. The molecule has 0 radical (unpaired) electrons. The molecule has 0 atom stereocenters. The lowest BCUT2D eigenvalue weighted by Crippen LogP contribution is -2.27. The summed E-state index contributed by atoms with van der Waals surface area (Å²) in [6, 6.07) is 20.6. The van der Waals surface area contributed by atoms with Crippen molar-refractivity contribution in [3.63, 3.8) is 0 Å². The highest BCUT2D eigenvalue weighted by atomic mass is 35.5. The van der Waals surface area contributed by atoms with Gasteiger partial charge in [-0.05, 0) is 57.2 Å². The number of hydrogen-bond donors (Lipinski definition) is 2. The van der Waals surface area contributed by atoms with E-state index in [0.29, 0.717) is 22.8 Å². The SMILES string of the molecule is CC(C)(C)OC(=O)Nc1nc(-c2ccc(Cl)c(C(=O)Nc3cc(C#N)nn3-c3ccccc3)c2)ccc1Cl. The van der Waals surface area contributed by atoms with Crippen LogP contribution in [0.5, 0.6) is 0 Å². The second-order valence-electron chi connectivity index (χ2n) is 9.08. The van der Waals surface area contributed by atoms with Gasteiger partial charge in [0.25, 0.3) is 5.91 Å². The van der Waals surface area contributed by atoms with Gasteiger partial charge in [0.1, 0.15) is 17.5 Å². The van der Waals surface area contributed by atoms with E-state index in [2.05, 4.69) is 20.7 Å². The number of nitriles is 1. The van der Waals surface area contributed by atoms with Gasteiger partial charge < -0.3 is 10.1 Å². The maximum atomic E-state index is 13.3. The van der Waals surface area contributed by atoms with Gasteiger partial charge in [0.15, 0.2) is 11.5 Å². The number of amides is 2. The van der Waals surface area contributed by atoms with Crippen LogP contribution in [0.2, 0.25) is 10.0 Å². The molecule has 0 saturated carbocycles. The van der Waals surface area contributed by atoms with Gasteiger partial charge in [0, 0.05) is 11.6 Å². The van der Waals surface area contributed by atoms with Crippen LogP contribution in [0.15, 0.2) is 66.7 Å². The van der Waals surface area contributed by atoms with Crippen molar-refractivity contribution < 1.29 is 14.3 Å². The van der Waals surface area contributed by atoms with Crippen LogP contribution in [-0.2, 0) is 4.74 Å². The van der Waals surface area contributed by atoms with Crippen molar-refractivity contribution in [2.45, 2.75) is 26.4 Å². The highest BCUT2D eigenvalue weighted by molar-refractivity contribution is 6.34. The standard InChI is InChI=1S/C27H22Cl2N6O3/c1-27(2,3)38-26(37)33-24-21(29)11-12-22(31-24)16-9-10-20(28)19(13-16)25(36)32-23-14-17(15-30)34-35(23)18-7-5-4-6-8-18/h4-14H,1-3H3,(H,32,36)(H,31,33,37). The summed E-state index contributed by atoms with van der Waals surface area (Å²) in [6.07, 6.45) is -0.702. The Morgan fingerprint density at radius 2 is 1.68 bits per heavy atom. The zero-order valence-electron chi connectivity index (χ0n) is 20.6. The van der Waals surface area contributed by atoms with Crippen molar-refractivity contribution in [2.75, 3.05) is 10.6 Å². The zero-order valence-corrected chi connectivity index (χ0v) is 22.1. The van der Waals surface area contributed by atoms with Crippen molar-refractivity contribution >= 4 is 46.8 Å². The second kappa shape index (κ2) is 10.9. The summed E-state index contributed by atoms with van der Waals surface area (Å²) in [5, 5.41) is 19.3. The first-order valence-electron chi connectivity index (χ1n) is 11.4. The topological polar surface area (TPSA) is 122 Å². The average molecular weight is 549 g/mol. The number of rotatable bonds is 5. The number of para-hydroxylation sites is 1. The fourth-order valence-corrected chi connectivity index (χ4v) is 3.78. The molecular weight excluding hydrogens is 527 g/mol. The van der Waals surface area contributed by atoms with E-state index < -0.39 is 17.6 Å². The molecule has 11 heteroatoms. The number of pyridine rings is 1. The first kappa shape index (κ1) is 26.7. The first-order valence-corrected chi connectivity index (χ1v) is 12.1. The molecule has 2 N–H and O–H groups in total. The van der Waals surface area contributed by atoms with Crippen LogP contribution >= 0.6 is 23.2 Å². The van der Waals surface area contributed by atoms with Gasteiger partial charge in [0.05, 0.1) is 27.0 Å². The van der Waals surface area contributed by atoms with E-state index in [9.17, 15) is 14.9 Å². The minimum atomic E-state index is -0.702. The summed E-state index contributed by atoms with van der Waals surface area (Å²) in [5.41, 5.74) is 1.27. The van der Waals surface area contributed by atoms with Crippen LogP contribution in [0.3, 0.4) is 0 Å². The summed E-state index contributed by atoms with van der Waals surface area (Å²) >= 11 is 12.6. The molecule has 2 heterocycles. The summed E-state index contributed by atoms with van der Waals surface area (Å²) in [5.74, 6) is -0.109. The number of halogens is 2. The molecule has 192 valence electrons. The van der Waals surface area contributed by atoms with E-state index in [1.807, 2.05) is 24.3 Å². The summed E-state index contributed by atoms with van der Waals surface area (Å²) in [7, 11) is 0. The molecule has 38 heavy (non-hydrogen) atoms. The van der Waals surface area contributed by atoms with E-state index >= 15 is 0 Å². The molecule has 0 unspecified atom stereocenters. The number of carbonyl (C=O) groups is 2. The summed E-state index contributed by atoms with van der Waals surface area (Å²) in [4.78, 5) is 29.9. The van der Waals surface area contributed by atoms with E-state index in [0.717, 1.165) is 0 Å². The normalized spacial score (nSPS) is 10.9. The predicted octanol–water partition coefficient (Wildman–Crippen LogP) is 6.71. The Hall–Kier alpha value is -4.39. The number of ether oxygens (including phenoxy) is 1. The fraction of sp³-hybridized carbons (Fsp3) is 0.148. The Labute approximate surface area is 229 Å². The van der Waals surface area contributed by atoms with Gasteiger partial charge >= 0.3 is 6.09 Å². The van der Waals surface area contributed by atoms with Crippen molar-refractivity contribution in [3.8, 4) is 23.0 Å². The molecule has 2 amide bonds. The Morgan fingerprint density at radius 1 is 0.974 bits per heavy atom. The Bertz CT molecular complexity index is 1560. The molecule has 0 fully saturated rings. The second-order valence-corrected chi connectivity index (χ2v) is 9.89. The van der Waals surface area contributed by atoms with Crippen molar-refractivity contribution in [3.05, 3.63) is 88.0 Å². The third kappa shape index (κ3) is 6.29. The molecule has 0 bridgehead atoms. The fourth-order valence-electron chi connectivity index (χ4n) is 3.42. The van der Waals surface area contributed by atoms with Gasteiger partial charge in [-0.15, -0.1) is 0 Å². The first-order chi connectivity index (χ1) is 18.0. The maximum Gasteiger partial charge on any atom is 0.413 e. The number of benzene rings is 2. The number of aromatic nitrogens is 3. The molecule has 2 aromatic carbocycles. The quantitative estimate of drug-likeness (QED) is 0.285. The van der Waals surface area contributed by atoms with Crippen molar-refractivity contribution in [1.29, 1.82) is 5.26 Å². The highest BCUT2D eigenvalue weighted by Crippen LogP contribution is 2.29. The predicted molar refractivity (Wildman–Crippen MR) is 146 cm³/mol. The smallest absolute Gasteiger partial charge is 0.413 e. The molecular formula is C27H22Cl2N6O3. The molecule has 0 aliphatic rings. The third-order valence-corrected chi connectivity index (χ3v) is 5.67. The Kier molecular flexibility index (Phi) is 7.67. The van der Waals surface area contributed by atoms with Crippen LogP contribution in [0.25, 0.3) is 16.9 Å². The highest BCUT2D eigenvalue weighted by Gasteiger charge is 2.20. The molecule has 9 nitrogen and oxygen atoms in total. The van der Waals surface area contributed by atoms with E-state index in [4.69, 9.17) is 27.9 Å². The van der Waals surface area contributed by atoms with E-state index in [1.165, 1.54) is 10.7 Å². The molecule has 2 aromatic heterocycles. The van der Waals surface area contributed by atoms with E-state index in [1.54, 1.807) is 63.2 Å². The van der Waals surface area contributed by atoms with Gasteiger partial charge in [-0.25, -0.2) is 14.5 Å². The number of nitrogens with zero attached hydrogens (tertiary/aromatic N) is 4. The number of carbonyl (C=O) groups excluding carboxylic acids is 2. The average Bonchev–Trinajstić information content (AvgIpc) is 3.28. The molecule has 0 saturated heterocycles. The Balaban J connectivity index is 1.62. The lowest BCUT2D eigenvalue weighted by Gasteiger charge is -2.19.